The number of nitro benzene ring substituents is 1. The molecule has 2 rings (SSSR count). The molecule has 0 radical (unpaired) electrons. The van der Waals surface area contributed by atoms with Gasteiger partial charge in [0.05, 0.1) is 4.92 Å². The van der Waals surface area contributed by atoms with Crippen molar-refractivity contribution in [2.45, 2.75) is 26.2 Å². The highest BCUT2D eigenvalue weighted by Gasteiger charge is 2.10. The Balaban J connectivity index is 0.00000162. The molecule has 0 N–H and O–H groups in total. The van der Waals surface area contributed by atoms with E-state index >= 15 is 0 Å². The van der Waals surface area contributed by atoms with Gasteiger partial charge in [-0.25, -0.2) is 0 Å². The molecule has 0 fully saturated rings. The number of non-ortho nitro benzene ring substituents is 1. The van der Waals surface area contributed by atoms with E-state index < -0.39 is 0 Å². The van der Waals surface area contributed by atoms with Crippen LogP contribution in [0.3, 0.4) is 0 Å². The molecule has 18 heavy (non-hydrogen) atoms. The summed E-state index contributed by atoms with van der Waals surface area (Å²) in [4.78, 5) is 10.4. The quantitative estimate of drug-likeness (QED) is 0.625. The van der Waals surface area contributed by atoms with Crippen molar-refractivity contribution in [1.29, 1.82) is 0 Å². The van der Waals surface area contributed by atoms with Crippen molar-refractivity contribution in [3.8, 4) is 0 Å². The van der Waals surface area contributed by atoms with Crippen LogP contribution in [-0.4, -0.2) is 9.49 Å². The predicted molar refractivity (Wildman–Crippen MR) is 75.4 cm³/mol. The molecule has 1 heterocycles. The topological polar surface area (TPSA) is 48.1 Å². The molecule has 0 atom stereocenters. The molecular formula is C13H17ClN2O2. The fourth-order valence-electron chi connectivity index (χ4n) is 2.11. The smallest absolute Gasteiger partial charge is 0.270 e. The molecule has 0 spiro atoms. The van der Waals surface area contributed by atoms with Gasteiger partial charge in [-0.05, 0) is 25.0 Å². The number of hydrogen-bond acceptors (Lipinski definition) is 2. The van der Waals surface area contributed by atoms with Crippen LogP contribution < -0.4 is 0 Å². The lowest BCUT2D eigenvalue weighted by Gasteiger charge is -2.02. The van der Waals surface area contributed by atoms with Gasteiger partial charge in [-0.1, -0.05) is 13.3 Å². The molecule has 2 aromatic rings. The minimum Gasteiger partial charge on any atom is -0.348 e. The van der Waals surface area contributed by atoms with Crippen LogP contribution in [0.1, 0.15) is 25.5 Å². The number of aromatic nitrogens is 1. The molecule has 1 aromatic heterocycles. The molecule has 0 amide bonds. The van der Waals surface area contributed by atoms with Crippen LogP contribution in [0.4, 0.5) is 5.69 Å². The van der Waals surface area contributed by atoms with E-state index in [2.05, 4.69) is 17.6 Å². The minimum atomic E-state index is -0.349. The average Bonchev–Trinajstić information content (AvgIpc) is 2.63. The Morgan fingerprint density at radius 2 is 2.06 bits per heavy atom. The summed E-state index contributed by atoms with van der Waals surface area (Å²) in [6, 6.07) is 7.08. The van der Waals surface area contributed by atoms with Crippen LogP contribution in [0.2, 0.25) is 0 Å². The van der Waals surface area contributed by atoms with Gasteiger partial charge in [-0.2, -0.15) is 0 Å². The molecule has 98 valence electrons. The van der Waals surface area contributed by atoms with Crippen molar-refractivity contribution in [1.82, 2.24) is 4.57 Å². The van der Waals surface area contributed by atoms with Crippen LogP contribution in [0.5, 0.6) is 0 Å². The van der Waals surface area contributed by atoms with Crippen LogP contribution >= 0.6 is 12.4 Å². The third-order valence-electron chi connectivity index (χ3n) is 3.12. The maximum absolute atomic E-state index is 10.7. The zero-order valence-corrected chi connectivity index (χ0v) is 11.4. The Kier molecular flexibility index (Phi) is 4.73. The molecule has 0 aliphatic heterocycles. The lowest BCUT2D eigenvalue weighted by atomic mass is 10.2. The van der Waals surface area contributed by atoms with E-state index in [9.17, 15) is 10.1 Å². The van der Waals surface area contributed by atoms with Crippen molar-refractivity contribution in [2.75, 3.05) is 0 Å². The number of nitrogens with zero attached hydrogens (tertiary/aromatic N) is 2. The summed E-state index contributed by atoms with van der Waals surface area (Å²) in [6.45, 7) is 2.16. The standard InChI is InChI=1S/C13H16N2O2.ClH/c1-3-4-5-11-8-10-9-12(15(16)17)6-7-13(10)14(11)2;/h6-9H,3-5H2,1-2H3;1H. The summed E-state index contributed by atoms with van der Waals surface area (Å²) >= 11 is 0. The van der Waals surface area contributed by atoms with E-state index in [1.807, 2.05) is 13.1 Å². The second-order valence-electron chi connectivity index (χ2n) is 4.30. The first-order valence-electron chi connectivity index (χ1n) is 5.86. The van der Waals surface area contributed by atoms with E-state index in [1.54, 1.807) is 12.1 Å². The maximum Gasteiger partial charge on any atom is 0.270 e. The van der Waals surface area contributed by atoms with E-state index in [4.69, 9.17) is 0 Å². The fourth-order valence-corrected chi connectivity index (χ4v) is 2.11. The Labute approximate surface area is 112 Å². The number of hydrogen-bond donors (Lipinski definition) is 0. The van der Waals surface area contributed by atoms with Gasteiger partial charge < -0.3 is 4.57 Å². The minimum absolute atomic E-state index is 0. The molecule has 0 unspecified atom stereocenters. The molecule has 0 aliphatic carbocycles. The Hall–Kier alpha value is -1.55. The molecule has 0 aliphatic rings. The number of unbranched alkanes of at least 4 members (excludes halogenated alkanes) is 1. The first-order chi connectivity index (χ1) is 8.13. The van der Waals surface area contributed by atoms with Crippen molar-refractivity contribution < 1.29 is 4.92 Å². The number of fused-ring (bicyclic) bond motifs is 1. The molecule has 0 saturated carbocycles. The second-order valence-corrected chi connectivity index (χ2v) is 4.30. The van der Waals surface area contributed by atoms with Gasteiger partial charge in [0.25, 0.3) is 5.69 Å². The summed E-state index contributed by atoms with van der Waals surface area (Å²) in [5.74, 6) is 0. The monoisotopic (exact) mass is 268 g/mol. The first-order valence-corrected chi connectivity index (χ1v) is 5.86. The highest BCUT2D eigenvalue weighted by molar-refractivity contribution is 5.85. The van der Waals surface area contributed by atoms with Gasteiger partial charge in [-0.15, -0.1) is 12.4 Å². The van der Waals surface area contributed by atoms with Gasteiger partial charge in [-0.3, -0.25) is 10.1 Å². The number of aryl methyl sites for hydroxylation is 2. The first kappa shape index (κ1) is 14.5. The zero-order valence-electron chi connectivity index (χ0n) is 10.5. The molecule has 0 saturated heterocycles. The maximum atomic E-state index is 10.7. The summed E-state index contributed by atoms with van der Waals surface area (Å²) in [5.41, 5.74) is 2.45. The lowest BCUT2D eigenvalue weighted by Crippen LogP contribution is -1.95. The summed E-state index contributed by atoms with van der Waals surface area (Å²) in [5, 5.41) is 11.7. The van der Waals surface area contributed by atoms with Gasteiger partial charge in [0, 0.05) is 35.8 Å². The Morgan fingerprint density at radius 3 is 2.67 bits per heavy atom. The van der Waals surface area contributed by atoms with E-state index in [0.717, 1.165) is 30.2 Å². The predicted octanol–water partition coefficient (Wildman–Crippen LogP) is 3.85. The van der Waals surface area contributed by atoms with Crippen LogP contribution in [0.15, 0.2) is 24.3 Å². The van der Waals surface area contributed by atoms with Gasteiger partial charge in [0.2, 0.25) is 0 Å². The Morgan fingerprint density at radius 1 is 1.33 bits per heavy atom. The molecule has 0 bridgehead atoms. The van der Waals surface area contributed by atoms with Crippen molar-refractivity contribution in [3.05, 3.63) is 40.1 Å². The lowest BCUT2D eigenvalue weighted by molar-refractivity contribution is -0.384. The highest BCUT2D eigenvalue weighted by Crippen LogP contribution is 2.24. The van der Waals surface area contributed by atoms with Crippen LogP contribution in [-0.2, 0) is 13.5 Å². The number of halogens is 1. The van der Waals surface area contributed by atoms with Crippen molar-refractivity contribution in [2.24, 2.45) is 7.05 Å². The van der Waals surface area contributed by atoms with E-state index in [1.165, 1.54) is 5.69 Å². The number of benzene rings is 1. The normalized spacial score (nSPS) is 10.3. The third kappa shape index (κ3) is 2.64. The molecular weight excluding hydrogens is 252 g/mol. The van der Waals surface area contributed by atoms with Crippen molar-refractivity contribution >= 4 is 29.0 Å². The SMILES string of the molecule is CCCCc1cc2cc([N+](=O)[O-])ccc2n1C.Cl. The number of rotatable bonds is 4. The second kappa shape index (κ2) is 5.87. The molecule has 1 aromatic carbocycles. The average molecular weight is 269 g/mol. The molecule has 4 nitrogen and oxygen atoms in total. The van der Waals surface area contributed by atoms with Gasteiger partial charge in [0.1, 0.15) is 0 Å². The van der Waals surface area contributed by atoms with E-state index in [0.29, 0.717) is 0 Å². The summed E-state index contributed by atoms with van der Waals surface area (Å²) in [6.07, 6.45) is 3.32. The summed E-state index contributed by atoms with van der Waals surface area (Å²) in [7, 11) is 2.01. The van der Waals surface area contributed by atoms with Gasteiger partial charge >= 0.3 is 0 Å². The van der Waals surface area contributed by atoms with Gasteiger partial charge in [0.15, 0.2) is 0 Å². The van der Waals surface area contributed by atoms with Crippen LogP contribution in [0.25, 0.3) is 10.9 Å². The zero-order chi connectivity index (χ0) is 12.4. The fraction of sp³-hybridized carbons (Fsp3) is 0.385. The van der Waals surface area contributed by atoms with E-state index in [-0.39, 0.29) is 23.0 Å². The number of nitro groups is 1. The highest BCUT2D eigenvalue weighted by atomic mass is 35.5. The summed E-state index contributed by atoms with van der Waals surface area (Å²) < 4.78 is 2.12. The Bertz CT molecular complexity index is 563. The molecule has 5 heteroatoms. The largest absolute Gasteiger partial charge is 0.348 e. The van der Waals surface area contributed by atoms with Crippen LogP contribution in [0, 0.1) is 10.1 Å². The van der Waals surface area contributed by atoms with Crippen molar-refractivity contribution in [3.63, 3.8) is 0 Å². The third-order valence-corrected chi connectivity index (χ3v) is 3.12.